The summed E-state index contributed by atoms with van der Waals surface area (Å²) in [5.74, 6) is 1.49. The third-order valence-corrected chi connectivity index (χ3v) is 3.98. The molecular formula is C18H26N6. The van der Waals surface area contributed by atoms with Crippen molar-refractivity contribution in [2.24, 2.45) is 0 Å². The number of anilines is 2. The molecule has 0 unspecified atom stereocenters. The van der Waals surface area contributed by atoms with Crippen molar-refractivity contribution in [2.45, 2.75) is 32.9 Å². The fourth-order valence-electron chi connectivity index (χ4n) is 2.81. The van der Waals surface area contributed by atoms with Gasteiger partial charge in [0.2, 0.25) is 5.95 Å². The van der Waals surface area contributed by atoms with Crippen molar-refractivity contribution in [1.29, 1.82) is 0 Å². The summed E-state index contributed by atoms with van der Waals surface area (Å²) in [5.41, 5.74) is 1.29. The zero-order valence-electron chi connectivity index (χ0n) is 14.7. The first-order chi connectivity index (χ1) is 11.5. The summed E-state index contributed by atoms with van der Waals surface area (Å²) in [4.78, 5) is 9.38. The maximum Gasteiger partial charge on any atom is 0.245 e. The number of nitrogens with zero attached hydrogens (tertiary/aromatic N) is 5. The normalized spacial score (nSPS) is 16.2. The van der Waals surface area contributed by atoms with Gasteiger partial charge in [0.1, 0.15) is 0 Å². The molecule has 1 aliphatic heterocycles. The lowest BCUT2D eigenvalue weighted by Crippen LogP contribution is -2.46. The van der Waals surface area contributed by atoms with Crippen molar-refractivity contribution in [3.63, 3.8) is 0 Å². The number of rotatable bonds is 4. The first-order valence-corrected chi connectivity index (χ1v) is 8.49. The molecule has 1 fully saturated rings. The summed E-state index contributed by atoms with van der Waals surface area (Å²) in [6, 6.07) is 10.6. The third-order valence-electron chi connectivity index (χ3n) is 3.98. The molecule has 1 N–H and O–H groups in total. The molecule has 1 aromatic carbocycles. The molecule has 128 valence electrons. The van der Waals surface area contributed by atoms with Crippen LogP contribution in [0.15, 0.2) is 36.5 Å². The van der Waals surface area contributed by atoms with E-state index in [0.29, 0.717) is 5.95 Å². The lowest BCUT2D eigenvalue weighted by atomic mass is 10.1. The van der Waals surface area contributed by atoms with E-state index in [4.69, 9.17) is 0 Å². The van der Waals surface area contributed by atoms with E-state index in [1.165, 1.54) is 5.56 Å². The molecule has 6 nitrogen and oxygen atoms in total. The molecule has 3 rings (SSSR count). The van der Waals surface area contributed by atoms with Crippen LogP contribution in [0.25, 0.3) is 0 Å². The molecule has 2 heterocycles. The minimum atomic E-state index is -0.0747. The fraction of sp³-hybridized carbons (Fsp3) is 0.500. The standard InChI is InChI=1S/C18H26N6/c1-18(2,3)21-17-20-16(13-19-22-17)24-11-9-23(10-12-24)14-15-7-5-4-6-8-15/h4-8,13H,9-12,14H2,1-3H3,(H,20,21,22). The number of benzene rings is 1. The van der Waals surface area contributed by atoms with Crippen molar-refractivity contribution in [3.05, 3.63) is 42.1 Å². The first kappa shape index (κ1) is 16.6. The van der Waals surface area contributed by atoms with Crippen molar-refractivity contribution < 1.29 is 0 Å². The van der Waals surface area contributed by atoms with Crippen molar-refractivity contribution >= 4 is 11.8 Å². The highest BCUT2D eigenvalue weighted by Crippen LogP contribution is 2.16. The van der Waals surface area contributed by atoms with E-state index in [2.05, 4.69) is 81.4 Å². The molecule has 0 radical (unpaired) electrons. The highest BCUT2D eigenvalue weighted by molar-refractivity contribution is 5.41. The van der Waals surface area contributed by atoms with Crippen LogP contribution in [0.5, 0.6) is 0 Å². The van der Waals surface area contributed by atoms with Gasteiger partial charge in [-0.15, -0.1) is 5.10 Å². The molecule has 2 aromatic rings. The number of nitrogens with one attached hydrogen (secondary N) is 1. The maximum absolute atomic E-state index is 4.61. The molecular weight excluding hydrogens is 300 g/mol. The first-order valence-electron chi connectivity index (χ1n) is 8.49. The maximum atomic E-state index is 4.61. The van der Waals surface area contributed by atoms with E-state index >= 15 is 0 Å². The van der Waals surface area contributed by atoms with Crippen LogP contribution in [0.3, 0.4) is 0 Å². The highest BCUT2D eigenvalue weighted by atomic mass is 15.3. The Kier molecular flexibility index (Phi) is 4.94. The van der Waals surface area contributed by atoms with Crippen molar-refractivity contribution in [1.82, 2.24) is 20.1 Å². The van der Waals surface area contributed by atoms with Crippen LogP contribution in [0.2, 0.25) is 0 Å². The Hall–Kier alpha value is -2.21. The Morgan fingerprint density at radius 3 is 2.42 bits per heavy atom. The van der Waals surface area contributed by atoms with Crippen LogP contribution in [-0.2, 0) is 6.54 Å². The summed E-state index contributed by atoms with van der Waals surface area (Å²) in [6.07, 6.45) is 1.75. The van der Waals surface area contributed by atoms with Gasteiger partial charge in [-0.25, -0.2) is 0 Å². The molecule has 0 atom stereocenters. The van der Waals surface area contributed by atoms with Gasteiger partial charge in [0.25, 0.3) is 0 Å². The van der Waals surface area contributed by atoms with Crippen molar-refractivity contribution in [3.8, 4) is 0 Å². The predicted octanol–water partition coefficient (Wildman–Crippen LogP) is 2.40. The number of hydrogen-bond acceptors (Lipinski definition) is 6. The van der Waals surface area contributed by atoms with Crippen LogP contribution in [0, 0.1) is 0 Å². The van der Waals surface area contributed by atoms with E-state index in [1.54, 1.807) is 6.20 Å². The Balaban J connectivity index is 1.57. The molecule has 1 aliphatic rings. The zero-order chi connectivity index (χ0) is 17.0. The molecule has 0 saturated carbocycles. The molecule has 24 heavy (non-hydrogen) atoms. The summed E-state index contributed by atoms with van der Waals surface area (Å²) in [5, 5.41) is 11.5. The Labute approximate surface area is 143 Å². The van der Waals surface area contributed by atoms with Gasteiger partial charge in [0.15, 0.2) is 5.82 Å². The van der Waals surface area contributed by atoms with Crippen LogP contribution in [-0.4, -0.2) is 51.8 Å². The average Bonchev–Trinajstić information content (AvgIpc) is 2.55. The van der Waals surface area contributed by atoms with Gasteiger partial charge < -0.3 is 10.2 Å². The lowest BCUT2D eigenvalue weighted by Gasteiger charge is -2.35. The summed E-state index contributed by atoms with van der Waals surface area (Å²) in [6.45, 7) is 11.2. The number of piperazine rings is 1. The van der Waals surface area contributed by atoms with Crippen LogP contribution in [0.4, 0.5) is 11.8 Å². The van der Waals surface area contributed by atoms with Crippen LogP contribution in [0.1, 0.15) is 26.3 Å². The van der Waals surface area contributed by atoms with Gasteiger partial charge in [-0.2, -0.15) is 10.1 Å². The minimum absolute atomic E-state index is 0.0747. The van der Waals surface area contributed by atoms with Crippen molar-refractivity contribution in [2.75, 3.05) is 36.4 Å². The second-order valence-electron chi connectivity index (χ2n) is 7.26. The van der Waals surface area contributed by atoms with E-state index in [-0.39, 0.29) is 5.54 Å². The fourth-order valence-corrected chi connectivity index (χ4v) is 2.81. The van der Waals surface area contributed by atoms with Gasteiger partial charge in [-0.1, -0.05) is 30.3 Å². The van der Waals surface area contributed by atoms with E-state index in [9.17, 15) is 0 Å². The molecule has 1 aromatic heterocycles. The highest BCUT2D eigenvalue weighted by Gasteiger charge is 2.19. The number of aromatic nitrogens is 3. The summed E-state index contributed by atoms with van der Waals surface area (Å²) < 4.78 is 0. The largest absolute Gasteiger partial charge is 0.353 e. The average molecular weight is 326 g/mol. The second kappa shape index (κ2) is 7.13. The van der Waals surface area contributed by atoms with Crippen LogP contribution >= 0.6 is 0 Å². The second-order valence-corrected chi connectivity index (χ2v) is 7.26. The van der Waals surface area contributed by atoms with E-state index in [1.807, 2.05) is 0 Å². The Bertz CT molecular complexity index is 644. The zero-order valence-corrected chi connectivity index (χ0v) is 14.7. The molecule has 6 heteroatoms. The number of hydrogen-bond donors (Lipinski definition) is 1. The van der Waals surface area contributed by atoms with Gasteiger partial charge in [0, 0.05) is 38.3 Å². The SMILES string of the molecule is CC(C)(C)Nc1nncc(N2CCN(Cc3ccccc3)CC2)n1. The Morgan fingerprint density at radius 2 is 1.75 bits per heavy atom. The van der Waals surface area contributed by atoms with Gasteiger partial charge >= 0.3 is 0 Å². The molecule has 1 saturated heterocycles. The summed E-state index contributed by atoms with van der Waals surface area (Å²) >= 11 is 0. The Morgan fingerprint density at radius 1 is 1.04 bits per heavy atom. The van der Waals surface area contributed by atoms with Gasteiger partial charge in [0.05, 0.1) is 6.20 Å². The predicted molar refractivity (Wildman–Crippen MR) is 97.1 cm³/mol. The molecule has 0 spiro atoms. The van der Waals surface area contributed by atoms with Crippen LogP contribution < -0.4 is 10.2 Å². The molecule has 0 amide bonds. The molecule has 0 bridgehead atoms. The quantitative estimate of drug-likeness (QED) is 0.931. The third kappa shape index (κ3) is 4.64. The van der Waals surface area contributed by atoms with Gasteiger partial charge in [-0.05, 0) is 26.3 Å². The smallest absolute Gasteiger partial charge is 0.245 e. The molecule has 0 aliphatic carbocycles. The van der Waals surface area contributed by atoms with E-state index < -0.39 is 0 Å². The minimum Gasteiger partial charge on any atom is -0.353 e. The lowest BCUT2D eigenvalue weighted by molar-refractivity contribution is 0.249. The van der Waals surface area contributed by atoms with E-state index in [0.717, 1.165) is 38.5 Å². The van der Waals surface area contributed by atoms with Gasteiger partial charge in [-0.3, -0.25) is 4.90 Å². The topological polar surface area (TPSA) is 57.2 Å². The summed E-state index contributed by atoms with van der Waals surface area (Å²) in [7, 11) is 0. The monoisotopic (exact) mass is 326 g/mol.